The minimum Gasteiger partial charge on any atom is -0.497 e. The lowest BCUT2D eigenvalue weighted by molar-refractivity contribution is 0.415. The number of piperidine rings is 1. The molecule has 2 aromatic carbocycles. The van der Waals surface area contributed by atoms with Crippen molar-refractivity contribution < 1.29 is 13.2 Å². The van der Waals surface area contributed by atoms with Gasteiger partial charge in [-0.2, -0.15) is 0 Å². The number of hydrogen-bond acceptors (Lipinski definition) is 5. The maximum Gasteiger partial charge on any atom is 0.210 e. The van der Waals surface area contributed by atoms with Gasteiger partial charge in [-0.05, 0) is 61.7 Å². The van der Waals surface area contributed by atoms with E-state index < -0.39 is 9.84 Å². The fourth-order valence-electron chi connectivity index (χ4n) is 3.65. The number of benzene rings is 2. The van der Waals surface area contributed by atoms with E-state index in [1.807, 2.05) is 18.2 Å². The van der Waals surface area contributed by atoms with Crippen LogP contribution in [0.4, 0.5) is 5.69 Å². The first-order chi connectivity index (χ1) is 13.5. The molecular formula is C21H21ClN2O3S. The molecule has 0 bridgehead atoms. The Hall–Kier alpha value is -2.31. The number of hydrogen-bond donors (Lipinski definition) is 0. The molecule has 146 valence electrons. The van der Waals surface area contributed by atoms with Crippen molar-refractivity contribution in [1.82, 2.24) is 4.98 Å². The Kier molecular flexibility index (Phi) is 5.17. The first kappa shape index (κ1) is 19.0. The second kappa shape index (κ2) is 7.60. The van der Waals surface area contributed by atoms with Gasteiger partial charge in [-0.25, -0.2) is 8.42 Å². The van der Waals surface area contributed by atoms with Crippen LogP contribution in [0.1, 0.15) is 19.3 Å². The van der Waals surface area contributed by atoms with Crippen molar-refractivity contribution in [2.24, 2.45) is 0 Å². The topological polar surface area (TPSA) is 59.5 Å². The molecule has 1 aliphatic rings. The first-order valence-corrected chi connectivity index (χ1v) is 11.1. The largest absolute Gasteiger partial charge is 0.497 e. The summed E-state index contributed by atoms with van der Waals surface area (Å²) in [5.74, 6) is 0.675. The maximum atomic E-state index is 13.5. The molecule has 0 aliphatic carbocycles. The number of aromatic nitrogens is 1. The van der Waals surface area contributed by atoms with Gasteiger partial charge in [-0.1, -0.05) is 11.6 Å². The third kappa shape index (κ3) is 3.42. The van der Waals surface area contributed by atoms with E-state index in [1.54, 1.807) is 19.2 Å². The number of sulfone groups is 1. The van der Waals surface area contributed by atoms with Gasteiger partial charge in [0, 0.05) is 29.7 Å². The summed E-state index contributed by atoms with van der Waals surface area (Å²) in [5.41, 5.74) is 1.45. The van der Waals surface area contributed by atoms with Gasteiger partial charge in [0.15, 0.2) is 0 Å². The Morgan fingerprint density at radius 3 is 2.43 bits per heavy atom. The molecule has 0 radical (unpaired) electrons. The third-order valence-corrected chi connectivity index (χ3v) is 7.12. The average molecular weight is 417 g/mol. The fourth-order valence-corrected chi connectivity index (χ4v) is 5.21. The number of halogens is 1. The minimum absolute atomic E-state index is 0.208. The molecule has 1 aromatic heterocycles. The van der Waals surface area contributed by atoms with Crippen LogP contribution in [-0.2, 0) is 9.84 Å². The Balaban J connectivity index is 1.97. The molecule has 0 amide bonds. The lowest BCUT2D eigenvalue weighted by Crippen LogP contribution is -2.31. The number of nitrogens with zero attached hydrogens (tertiary/aromatic N) is 2. The zero-order valence-electron chi connectivity index (χ0n) is 15.6. The van der Waals surface area contributed by atoms with Crippen molar-refractivity contribution in [2.75, 3.05) is 25.1 Å². The Morgan fingerprint density at radius 1 is 1.04 bits per heavy atom. The fraction of sp³-hybridized carbons (Fsp3) is 0.286. The van der Waals surface area contributed by atoms with Crippen LogP contribution in [0.25, 0.3) is 10.9 Å². The Morgan fingerprint density at radius 2 is 1.75 bits per heavy atom. The van der Waals surface area contributed by atoms with Crippen LogP contribution in [0.2, 0.25) is 5.02 Å². The normalized spacial score (nSPS) is 15.0. The van der Waals surface area contributed by atoms with Gasteiger partial charge in [-0.15, -0.1) is 0 Å². The average Bonchev–Trinajstić information content (AvgIpc) is 2.73. The van der Waals surface area contributed by atoms with Gasteiger partial charge in [0.05, 0.1) is 23.2 Å². The molecule has 0 unspecified atom stereocenters. The lowest BCUT2D eigenvalue weighted by Gasteiger charge is -2.31. The van der Waals surface area contributed by atoms with E-state index in [1.165, 1.54) is 18.3 Å². The van der Waals surface area contributed by atoms with Crippen molar-refractivity contribution >= 4 is 38.0 Å². The Labute approximate surface area is 169 Å². The number of methoxy groups -OCH3 is 1. The zero-order valence-corrected chi connectivity index (χ0v) is 17.1. The van der Waals surface area contributed by atoms with E-state index in [2.05, 4.69) is 9.88 Å². The van der Waals surface area contributed by atoms with E-state index in [0.717, 1.165) is 43.3 Å². The quantitative estimate of drug-likeness (QED) is 0.615. The molecule has 4 rings (SSSR count). The van der Waals surface area contributed by atoms with Gasteiger partial charge in [0.2, 0.25) is 9.84 Å². The van der Waals surface area contributed by atoms with Crippen LogP contribution in [0.3, 0.4) is 0 Å². The van der Waals surface area contributed by atoms with Gasteiger partial charge in [0.25, 0.3) is 0 Å². The molecule has 0 saturated carbocycles. The molecule has 1 aliphatic heterocycles. The monoisotopic (exact) mass is 416 g/mol. The van der Waals surface area contributed by atoms with Crippen LogP contribution in [0.5, 0.6) is 5.75 Å². The SMILES string of the molecule is COc1ccc2ncc(S(=O)(=O)c3ccc(Cl)cc3)c(N3CCCCC3)c2c1. The van der Waals surface area contributed by atoms with E-state index in [9.17, 15) is 8.42 Å². The van der Waals surface area contributed by atoms with Gasteiger partial charge in [-0.3, -0.25) is 4.98 Å². The maximum absolute atomic E-state index is 13.5. The first-order valence-electron chi connectivity index (χ1n) is 9.23. The predicted octanol–water partition coefficient (Wildman–Crippen LogP) is 4.72. The highest BCUT2D eigenvalue weighted by Gasteiger charge is 2.27. The van der Waals surface area contributed by atoms with Crippen molar-refractivity contribution in [3.8, 4) is 5.75 Å². The van der Waals surface area contributed by atoms with E-state index in [0.29, 0.717) is 16.5 Å². The van der Waals surface area contributed by atoms with Crippen LogP contribution >= 0.6 is 11.6 Å². The molecule has 7 heteroatoms. The molecule has 5 nitrogen and oxygen atoms in total. The zero-order chi connectivity index (χ0) is 19.7. The Bertz CT molecular complexity index is 1110. The second-order valence-electron chi connectivity index (χ2n) is 6.86. The number of rotatable bonds is 4. The highest BCUT2D eigenvalue weighted by Crippen LogP contribution is 2.38. The standard InChI is InChI=1S/C21H21ClN2O3S/c1-27-16-7-10-19-18(13-16)21(24-11-3-2-4-12-24)20(14-23-19)28(25,26)17-8-5-15(22)6-9-17/h5-10,13-14H,2-4,11-12H2,1H3. The van der Waals surface area contributed by atoms with Crippen LogP contribution < -0.4 is 9.64 Å². The van der Waals surface area contributed by atoms with Crippen molar-refractivity contribution in [1.29, 1.82) is 0 Å². The molecule has 2 heterocycles. The number of anilines is 1. The van der Waals surface area contributed by atoms with Crippen LogP contribution in [0.15, 0.2) is 58.5 Å². The third-order valence-electron chi connectivity index (χ3n) is 5.10. The summed E-state index contributed by atoms with van der Waals surface area (Å²) in [7, 11) is -2.15. The molecular weight excluding hydrogens is 396 g/mol. The van der Waals surface area contributed by atoms with Gasteiger partial charge in [0.1, 0.15) is 10.6 Å². The lowest BCUT2D eigenvalue weighted by atomic mass is 10.1. The van der Waals surface area contributed by atoms with Crippen molar-refractivity contribution in [3.63, 3.8) is 0 Å². The predicted molar refractivity (Wildman–Crippen MR) is 111 cm³/mol. The van der Waals surface area contributed by atoms with Crippen LogP contribution in [-0.4, -0.2) is 33.6 Å². The van der Waals surface area contributed by atoms with Crippen molar-refractivity contribution in [2.45, 2.75) is 29.1 Å². The highest BCUT2D eigenvalue weighted by atomic mass is 35.5. The number of pyridine rings is 1. The molecule has 0 atom stereocenters. The summed E-state index contributed by atoms with van der Waals surface area (Å²) in [5, 5.41) is 1.29. The van der Waals surface area contributed by atoms with Gasteiger partial charge >= 0.3 is 0 Å². The minimum atomic E-state index is -3.75. The molecule has 28 heavy (non-hydrogen) atoms. The summed E-state index contributed by atoms with van der Waals surface area (Å²) in [6, 6.07) is 11.8. The summed E-state index contributed by atoms with van der Waals surface area (Å²) >= 11 is 5.94. The highest BCUT2D eigenvalue weighted by molar-refractivity contribution is 7.91. The summed E-state index contributed by atoms with van der Waals surface area (Å²) < 4.78 is 32.3. The van der Waals surface area contributed by atoms with E-state index >= 15 is 0 Å². The second-order valence-corrected chi connectivity index (χ2v) is 9.21. The van der Waals surface area contributed by atoms with Gasteiger partial charge < -0.3 is 9.64 Å². The van der Waals surface area contributed by atoms with E-state index in [4.69, 9.17) is 16.3 Å². The molecule has 0 spiro atoms. The van der Waals surface area contributed by atoms with Crippen molar-refractivity contribution in [3.05, 3.63) is 53.7 Å². The summed E-state index contributed by atoms with van der Waals surface area (Å²) in [6.07, 6.45) is 4.70. The molecule has 1 saturated heterocycles. The smallest absolute Gasteiger partial charge is 0.210 e. The number of ether oxygens (including phenoxy) is 1. The van der Waals surface area contributed by atoms with Crippen LogP contribution in [0, 0.1) is 0 Å². The molecule has 0 N–H and O–H groups in total. The molecule has 3 aromatic rings. The summed E-state index contributed by atoms with van der Waals surface area (Å²) in [6.45, 7) is 1.64. The van der Waals surface area contributed by atoms with E-state index in [-0.39, 0.29) is 9.79 Å². The molecule has 1 fully saturated rings. The summed E-state index contributed by atoms with van der Waals surface area (Å²) in [4.78, 5) is 7.02. The number of fused-ring (bicyclic) bond motifs is 1.